The summed E-state index contributed by atoms with van der Waals surface area (Å²) in [5.74, 6) is 6.54. The Balaban J connectivity index is 2.83. The van der Waals surface area contributed by atoms with Gasteiger partial charge in [-0.05, 0) is 42.9 Å². The number of nitrogens with zero attached hydrogens (tertiary/aromatic N) is 1. The zero-order valence-corrected chi connectivity index (χ0v) is 11.5. The van der Waals surface area contributed by atoms with Gasteiger partial charge in [0.2, 0.25) is 0 Å². The topological polar surface area (TPSA) is 12.9 Å². The second-order valence-electron chi connectivity index (χ2n) is 4.23. The van der Waals surface area contributed by atoms with E-state index in [1.165, 1.54) is 24.6 Å². The minimum absolute atomic E-state index is 0.0265. The van der Waals surface area contributed by atoms with E-state index in [2.05, 4.69) is 22.7 Å². The quantitative estimate of drug-likeness (QED) is 0.727. The van der Waals surface area contributed by atoms with Crippen LogP contribution in [-0.4, -0.2) is 4.98 Å². The van der Waals surface area contributed by atoms with Gasteiger partial charge in [0.1, 0.15) is 18.5 Å². The van der Waals surface area contributed by atoms with Gasteiger partial charge in [0.15, 0.2) is 0 Å². The molecule has 0 saturated carbocycles. The lowest BCUT2D eigenvalue weighted by Gasteiger charge is -2.09. The van der Waals surface area contributed by atoms with Crippen molar-refractivity contribution in [1.29, 1.82) is 0 Å². The number of halogens is 3. The van der Waals surface area contributed by atoms with Gasteiger partial charge in [-0.15, -0.1) is 13.2 Å². The summed E-state index contributed by atoms with van der Waals surface area (Å²) < 4.78 is 37.3. The smallest absolute Gasteiger partial charge is 0.111 e. The summed E-state index contributed by atoms with van der Waals surface area (Å²) in [4.78, 5) is 4.32. The summed E-state index contributed by atoms with van der Waals surface area (Å²) in [5, 5.41) is 0. The van der Waals surface area contributed by atoms with Crippen molar-refractivity contribution < 1.29 is 13.2 Å². The molecule has 0 fully saturated rings. The third kappa shape index (κ3) is 3.11. The van der Waals surface area contributed by atoms with Crippen molar-refractivity contribution >= 4 is 0 Å². The summed E-state index contributed by atoms with van der Waals surface area (Å²) in [5.41, 5.74) is 2.02. The average Bonchev–Trinajstić information content (AvgIpc) is 2.51. The van der Waals surface area contributed by atoms with Crippen molar-refractivity contribution in [2.75, 3.05) is 0 Å². The average molecular weight is 295 g/mol. The molecule has 2 rings (SSSR count). The molecule has 0 bridgehead atoms. The van der Waals surface area contributed by atoms with Crippen LogP contribution in [0.1, 0.15) is 22.4 Å². The number of rotatable bonds is 1. The predicted molar refractivity (Wildman–Crippen MR) is 78.4 cm³/mol. The van der Waals surface area contributed by atoms with Gasteiger partial charge in [-0.25, -0.2) is 0 Å². The molecular formula is C18H8F3N. The van der Waals surface area contributed by atoms with Crippen LogP contribution in [-0.2, 0) is 0 Å². The van der Waals surface area contributed by atoms with Gasteiger partial charge >= 0.3 is 0 Å². The standard InChI is InChI=1S/C18H8F3N/c1-13-3-2-4-18(22-13)17-6-5-14(7-10-19)15(8-11-20)16(17)9-12-21/h2-6H,1H3. The molecule has 0 unspecified atom stereocenters. The Hall–Kier alpha value is -3.16. The summed E-state index contributed by atoms with van der Waals surface area (Å²) in [6, 6.07) is 8.33. The van der Waals surface area contributed by atoms with E-state index in [9.17, 15) is 13.2 Å². The SMILES string of the molecule is Cc1cccc(-c2ccc(C#CF)c(C#CF)c2C#CF)n1. The molecule has 1 aromatic carbocycles. The van der Waals surface area contributed by atoms with Crippen LogP contribution >= 0.6 is 0 Å². The van der Waals surface area contributed by atoms with Crippen molar-refractivity contribution in [2.45, 2.75) is 6.92 Å². The molecule has 0 spiro atoms. The van der Waals surface area contributed by atoms with Gasteiger partial charge in [-0.1, -0.05) is 12.1 Å². The zero-order chi connectivity index (χ0) is 15.9. The van der Waals surface area contributed by atoms with E-state index in [0.717, 1.165) is 5.69 Å². The van der Waals surface area contributed by atoms with Crippen LogP contribution < -0.4 is 0 Å². The Morgan fingerprint density at radius 2 is 1.50 bits per heavy atom. The molecule has 0 aliphatic carbocycles. The van der Waals surface area contributed by atoms with E-state index in [0.29, 0.717) is 11.3 Å². The van der Waals surface area contributed by atoms with Crippen LogP contribution in [0.15, 0.2) is 30.3 Å². The first-order valence-corrected chi connectivity index (χ1v) is 6.17. The summed E-state index contributed by atoms with van der Waals surface area (Å²) in [7, 11) is 0. The summed E-state index contributed by atoms with van der Waals surface area (Å²) >= 11 is 0. The summed E-state index contributed by atoms with van der Waals surface area (Å²) in [6.07, 6.45) is 3.71. The highest BCUT2D eigenvalue weighted by molar-refractivity contribution is 5.75. The van der Waals surface area contributed by atoms with Crippen molar-refractivity contribution in [3.8, 4) is 47.5 Å². The zero-order valence-electron chi connectivity index (χ0n) is 11.5. The van der Waals surface area contributed by atoms with E-state index < -0.39 is 0 Å². The number of aryl methyl sites for hydroxylation is 1. The number of hydrogen-bond donors (Lipinski definition) is 0. The van der Waals surface area contributed by atoms with E-state index >= 15 is 0 Å². The lowest BCUT2D eigenvalue weighted by Crippen LogP contribution is -1.96. The molecule has 0 atom stereocenters. The first-order valence-electron chi connectivity index (χ1n) is 6.17. The predicted octanol–water partition coefficient (Wildman–Crippen LogP) is 3.89. The highest BCUT2D eigenvalue weighted by atomic mass is 19.1. The Kier molecular flexibility index (Phi) is 4.86. The fourth-order valence-corrected chi connectivity index (χ4v) is 2.02. The highest BCUT2D eigenvalue weighted by Gasteiger charge is 2.13. The minimum Gasteiger partial charge on any atom is -0.253 e. The first-order chi connectivity index (χ1) is 10.7. The van der Waals surface area contributed by atoms with Crippen molar-refractivity contribution in [2.24, 2.45) is 0 Å². The Labute approximate surface area is 126 Å². The van der Waals surface area contributed by atoms with Crippen LogP contribution in [0, 0.1) is 43.2 Å². The number of benzene rings is 1. The van der Waals surface area contributed by atoms with Gasteiger partial charge in [-0.2, -0.15) is 0 Å². The summed E-state index contributed by atoms with van der Waals surface area (Å²) in [6.45, 7) is 1.80. The second-order valence-corrected chi connectivity index (χ2v) is 4.23. The molecule has 1 aromatic heterocycles. The maximum absolute atomic E-state index is 12.6. The Morgan fingerprint density at radius 3 is 2.14 bits per heavy atom. The maximum Gasteiger partial charge on any atom is 0.111 e. The molecular weight excluding hydrogens is 287 g/mol. The highest BCUT2D eigenvalue weighted by Crippen LogP contribution is 2.26. The Morgan fingerprint density at radius 1 is 0.818 bits per heavy atom. The Bertz CT molecular complexity index is 897. The molecule has 0 saturated heterocycles. The number of hydrogen-bond acceptors (Lipinski definition) is 1. The van der Waals surface area contributed by atoms with Crippen LogP contribution in [0.5, 0.6) is 0 Å². The van der Waals surface area contributed by atoms with Crippen LogP contribution in [0.2, 0.25) is 0 Å². The fourth-order valence-electron chi connectivity index (χ4n) is 2.02. The molecule has 106 valence electrons. The first kappa shape index (κ1) is 15.2. The van der Waals surface area contributed by atoms with Gasteiger partial charge < -0.3 is 0 Å². The lowest BCUT2D eigenvalue weighted by molar-refractivity contribution is 0.772. The maximum atomic E-state index is 12.6. The van der Waals surface area contributed by atoms with Crippen molar-refractivity contribution in [3.05, 3.63) is 52.7 Å². The molecule has 0 aliphatic heterocycles. The third-order valence-electron chi connectivity index (χ3n) is 2.90. The van der Waals surface area contributed by atoms with Crippen LogP contribution in [0.4, 0.5) is 13.2 Å². The van der Waals surface area contributed by atoms with E-state index in [1.807, 2.05) is 0 Å². The number of aromatic nitrogens is 1. The van der Waals surface area contributed by atoms with Crippen LogP contribution in [0.25, 0.3) is 11.3 Å². The molecule has 0 N–H and O–H groups in total. The van der Waals surface area contributed by atoms with Crippen molar-refractivity contribution in [1.82, 2.24) is 4.98 Å². The third-order valence-corrected chi connectivity index (χ3v) is 2.90. The van der Waals surface area contributed by atoms with Crippen molar-refractivity contribution in [3.63, 3.8) is 0 Å². The molecule has 0 aliphatic rings. The minimum atomic E-state index is 0.0265. The molecule has 1 nitrogen and oxygen atoms in total. The van der Waals surface area contributed by atoms with E-state index in [4.69, 9.17) is 0 Å². The second kappa shape index (κ2) is 7.02. The molecule has 0 radical (unpaired) electrons. The number of pyridine rings is 1. The monoisotopic (exact) mass is 295 g/mol. The largest absolute Gasteiger partial charge is 0.253 e. The van der Waals surface area contributed by atoms with Gasteiger partial charge in [-0.3, -0.25) is 4.98 Å². The fraction of sp³-hybridized carbons (Fsp3) is 0.0556. The van der Waals surface area contributed by atoms with Gasteiger partial charge in [0.25, 0.3) is 0 Å². The molecule has 22 heavy (non-hydrogen) atoms. The van der Waals surface area contributed by atoms with Gasteiger partial charge in [0, 0.05) is 16.8 Å². The molecule has 2 aromatic rings. The lowest BCUT2D eigenvalue weighted by atomic mass is 9.94. The van der Waals surface area contributed by atoms with E-state index in [1.54, 1.807) is 31.2 Å². The molecule has 0 amide bonds. The normalized spacial score (nSPS) is 8.73. The molecule has 4 heteroatoms. The van der Waals surface area contributed by atoms with Crippen LogP contribution in [0.3, 0.4) is 0 Å². The molecule has 1 heterocycles. The van der Waals surface area contributed by atoms with E-state index in [-0.39, 0.29) is 16.7 Å². The van der Waals surface area contributed by atoms with Gasteiger partial charge in [0.05, 0.1) is 16.8 Å².